The monoisotopic (exact) mass is 359 g/mol. The van der Waals surface area contributed by atoms with Gasteiger partial charge >= 0.3 is 0 Å². The summed E-state index contributed by atoms with van der Waals surface area (Å²) in [5.74, 6) is 0.382. The van der Waals surface area contributed by atoms with Gasteiger partial charge in [-0.3, -0.25) is 9.59 Å². The van der Waals surface area contributed by atoms with E-state index in [1.807, 2.05) is 4.90 Å². The van der Waals surface area contributed by atoms with E-state index < -0.39 is 0 Å². The highest BCUT2D eigenvalue weighted by atomic mass is 32.1. The molecule has 0 bridgehead atoms. The number of methoxy groups -OCH3 is 1. The summed E-state index contributed by atoms with van der Waals surface area (Å²) in [5, 5.41) is 4.80. The third-order valence-electron chi connectivity index (χ3n) is 4.26. The number of rotatable bonds is 5. The molecule has 0 saturated heterocycles. The van der Waals surface area contributed by atoms with Crippen molar-refractivity contribution >= 4 is 34.5 Å². The number of hydrogen-bond donors (Lipinski definition) is 2. The van der Waals surface area contributed by atoms with Gasteiger partial charge in [0.1, 0.15) is 5.75 Å². The van der Waals surface area contributed by atoms with E-state index in [4.69, 9.17) is 10.5 Å². The molecule has 3 rings (SSSR count). The molecule has 2 amide bonds. The first-order chi connectivity index (χ1) is 12.1. The Morgan fingerprint density at radius 2 is 2.16 bits per heavy atom. The van der Waals surface area contributed by atoms with Crippen LogP contribution in [-0.4, -0.2) is 30.4 Å². The highest BCUT2D eigenvalue weighted by molar-refractivity contribution is 7.10. The molecular weight excluding hydrogens is 338 g/mol. The molecule has 1 aliphatic rings. The zero-order valence-electron chi connectivity index (χ0n) is 14.1. The van der Waals surface area contributed by atoms with Gasteiger partial charge in [0.2, 0.25) is 11.8 Å². The SMILES string of the molecule is COc1ccc(N)c(NC(=O)CCC(=O)N2CCc3sccc3C2)c1. The second kappa shape index (κ2) is 7.57. The van der Waals surface area contributed by atoms with E-state index in [1.165, 1.54) is 10.4 Å². The van der Waals surface area contributed by atoms with Gasteiger partial charge in [0, 0.05) is 36.9 Å². The van der Waals surface area contributed by atoms with Crippen molar-refractivity contribution in [2.75, 3.05) is 24.7 Å². The van der Waals surface area contributed by atoms with Crippen molar-refractivity contribution in [2.24, 2.45) is 0 Å². The molecule has 0 atom stereocenters. The number of carbonyl (C=O) groups is 2. The molecular formula is C18H21N3O3S. The Kier molecular flexibility index (Phi) is 5.23. The molecule has 6 nitrogen and oxygen atoms in total. The number of anilines is 2. The highest BCUT2D eigenvalue weighted by Gasteiger charge is 2.21. The average Bonchev–Trinajstić information content (AvgIpc) is 3.09. The highest BCUT2D eigenvalue weighted by Crippen LogP contribution is 2.26. The second-order valence-corrected chi connectivity index (χ2v) is 6.94. The fourth-order valence-electron chi connectivity index (χ4n) is 2.82. The van der Waals surface area contributed by atoms with Gasteiger partial charge < -0.3 is 20.7 Å². The lowest BCUT2D eigenvalue weighted by molar-refractivity contribution is -0.133. The summed E-state index contributed by atoms with van der Waals surface area (Å²) in [6.07, 6.45) is 1.21. The van der Waals surface area contributed by atoms with Crippen LogP contribution in [0.4, 0.5) is 11.4 Å². The molecule has 2 heterocycles. The van der Waals surface area contributed by atoms with Crippen LogP contribution >= 0.6 is 11.3 Å². The minimum Gasteiger partial charge on any atom is -0.497 e. The van der Waals surface area contributed by atoms with Crippen LogP contribution in [-0.2, 0) is 22.6 Å². The van der Waals surface area contributed by atoms with Gasteiger partial charge in [-0.2, -0.15) is 0 Å². The molecule has 0 saturated carbocycles. The van der Waals surface area contributed by atoms with Crippen LogP contribution in [0.3, 0.4) is 0 Å². The molecule has 0 unspecified atom stereocenters. The van der Waals surface area contributed by atoms with E-state index >= 15 is 0 Å². The van der Waals surface area contributed by atoms with Crippen molar-refractivity contribution in [3.05, 3.63) is 40.1 Å². The molecule has 3 N–H and O–H groups in total. The summed E-state index contributed by atoms with van der Waals surface area (Å²) < 4.78 is 5.12. The summed E-state index contributed by atoms with van der Waals surface area (Å²) in [4.78, 5) is 27.7. The number of thiophene rings is 1. The predicted molar refractivity (Wildman–Crippen MR) is 98.7 cm³/mol. The molecule has 0 aliphatic carbocycles. The number of nitrogens with two attached hydrogens (primary N) is 1. The maximum absolute atomic E-state index is 12.4. The van der Waals surface area contributed by atoms with Gasteiger partial charge in [0.25, 0.3) is 0 Å². The van der Waals surface area contributed by atoms with Crippen LogP contribution in [0.5, 0.6) is 5.75 Å². The average molecular weight is 359 g/mol. The summed E-state index contributed by atoms with van der Waals surface area (Å²) >= 11 is 1.74. The van der Waals surface area contributed by atoms with E-state index in [0.717, 1.165) is 13.0 Å². The number of benzene rings is 1. The van der Waals surface area contributed by atoms with Crippen molar-refractivity contribution in [2.45, 2.75) is 25.8 Å². The molecule has 132 valence electrons. The zero-order chi connectivity index (χ0) is 17.8. The van der Waals surface area contributed by atoms with Crippen LogP contribution in [0.15, 0.2) is 29.6 Å². The van der Waals surface area contributed by atoms with Crippen LogP contribution in [0.1, 0.15) is 23.3 Å². The number of amides is 2. The van der Waals surface area contributed by atoms with Crippen molar-refractivity contribution in [3.8, 4) is 5.75 Å². The van der Waals surface area contributed by atoms with E-state index in [1.54, 1.807) is 36.6 Å². The number of ether oxygens (including phenoxy) is 1. The number of hydrogen-bond acceptors (Lipinski definition) is 5. The summed E-state index contributed by atoms with van der Waals surface area (Å²) in [6, 6.07) is 7.13. The van der Waals surface area contributed by atoms with Gasteiger partial charge in [0.15, 0.2) is 0 Å². The number of fused-ring (bicyclic) bond motifs is 1. The molecule has 1 aromatic carbocycles. The molecule has 1 aliphatic heterocycles. The summed E-state index contributed by atoms with van der Waals surface area (Å²) in [5.41, 5.74) is 8.03. The second-order valence-electron chi connectivity index (χ2n) is 5.94. The summed E-state index contributed by atoms with van der Waals surface area (Å²) in [7, 11) is 1.55. The van der Waals surface area contributed by atoms with Crippen molar-refractivity contribution in [1.82, 2.24) is 4.90 Å². The van der Waals surface area contributed by atoms with E-state index in [9.17, 15) is 9.59 Å². The van der Waals surface area contributed by atoms with Gasteiger partial charge in [-0.25, -0.2) is 0 Å². The maximum atomic E-state index is 12.4. The van der Waals surface area contributed by atoms with Crippen molar-refractivity contribution in [1.29, 1.82) is 0 Å². The largest absolute Gasteiger partial charge is 0.497 e. The van der Waals surface area contributed by atoms with E-state index in [2.05, 4.69) is 16.8 Å². The van der Waals surface area contributed by atoms with E-state index in [-0.39, 0.29) is 24.7 Å². The lowest BCUT2D eigenvalue weighted by Crippen LogP contribution is -2.35. The van der Waals surface area contributed by atoms with Gasteiger partial charge in [0.05, 0.1) is 18.5 Å². The first kappa shape index (κ1) is 17.3. The number of nitrogens with one attached hydrogen (secondary N) is 1. The minimum absolute atomic E-state index is 0.00520. The van der Waals surface area contributed by atoms with Crippen LogP contribution in [0.25, 0.3) is 0 Å². The third-order valence-corrected chi connectivity index (χ3v) is 5.28. The molecule has 2 aromatic rings. The Morgan fingerprint density at radius 3 is 2.96 bits per heavy atom. The molecule has 0 radical (unpaired) electrons. The summed E-state index contributed by atoms with van der Waals surface area (Å²) in [6.45, 7) is 1.36. The standard InChI is InChI=1S/C18H21N3O3S/c1-24-13-2-3-14(19)15(10-13)20-17(22)4-5-18(23)21-8-6-16-12(11-21)7-9-25-16/h2-3,7,9-10H,4-6,8,11,19H2,1H3,(H,20,22). The fourth-order valence-corrected chi connectivity index (χ4v) is 3.71. The lowest BCUT2D eigenvalue weighted by atomic mass is 10.1. The van der Waals surface area contributed by atoms with Crippen LogP contribution in [0, 0.1) is 0 Å². The van der Waals surface area contributed by atoms with Crippen LogP contribution < -0.4 is 15.8 Å². The fraction of sp³-hybridized carbons (Fsp3) is 0.333. The third kappa shape index (κ3) is 4.11. The first-order valence-corrected chi connectivity index (χ1v) is 9.01. The van der Waals surface area contributed by atoms with Crippen LogP contribution in [0.2, 0.25) is 0 Å². The van der Waals surface area contributed by atoms with Gasteiger partial charge in [-0.15, -0.1) is 11.3 Å². The Bertz CT molecular complexity index is 788. The lowest BCUT2D eigenvalue weighted by Gasteiger charge is -2.27. The predicted octanol–water partition coefficient (Wildman–Crippen LogP) is 2.64. The number of nitrogens with zero attached hydrogens (tertiary/aromatic N) is 1. The first-order valence-electron chi connectivity index (χ1n) is 8.13. The molecule has 0 spiro atoms. The normalized spacial score (nSPS) is 13.2. The number of nitrogen functional groups attached to an aromatic ring is 1. The Labute approximate surface area is 150 Å². The quantitative estimate of drug-likeness (QED) is 0.804. The van der Waals surface area contributed by atoms with Crippen molar-refractivity contribution < 1.29 is 14.3 Å². The molecule has 25 heavy (non-hydrogen) atoms. The van der Waals surface area contributed by atoms with Gasteiger partial charge in [-0.05, 0) is 35.6 Å². The zero-order valence-corrected chi connectivity index (χ0v) is 14.9. The Balaban J connectivity index is 1.52. The number of carbonyl (C=O) groups excluding carboxylic acids is 2. The van der Waals surface area contributed by atoms with E-state index in [0.29, 0.717) is 23.7 Å². The Morgan fingerprint density at radius 1 is 1.32 bits per heavy atom. The minimum atomic E-state index is -0.235. The Hall–Kier alpha value is -2.54. The van der Waals surface area contributed by atoms with Crippen molar-refractivity contribution in [3.63, 3.8) is 0 Å². The molecule has 7 heteroatoms. The maximum Gasteiger partial charge on any atom is 0.224 e. The smallest absolute Gasteiger partial charge is 0.224 e. The van der Waals surface area contributed by atoms with Gasteiger partial charge in [-0.1, -0.05) is 0 Å². The molecule has 0 fully saturated rings. The molecule has 1 aromatic heterocycles. The topological polar surface area (TPSA) is 84.7 Å².